The van der Waals surface area contributed by atoms with Crippen molar-refractivity contribution in [3.05, 3.63) is 83.3 Å². The predicted octanol–water partition coefficient (Wildman–Crippen LogP) is 5.44. The van der Waals surface area contributed by atoms with Gasteiger partial charge in [0, 0.05) is 24.5 Å². The number of pyridine rings is 1. The van der Waals surface area contributed by atoms with Crippen LogP contribution in [0.15, 0.2) is 83.0 Å². The van der Waals surface area contributed by atoms with E-state index in [1.807, 2.05) is 18.5 Å². The normalized spacial score (nSPS) is 21.7. The van der Waals surface area contributed by atoms with Crippen molar-refractivity contribution in [3.63, 3.8) is 0 Å². The second-order valence-electron chi connectivity index (χ2n) is 9.13. The topological polar surface area (TPSA) is 87.2 Å². The summed E-state index contributed by atoms with van der Waals surface area (Å²) in [5.74, 6) is 0.865. The molecule has 3 heterocycles. The van der Waals surface area contributed by atoms with E-state index >= 15 is 0 Å². The van der Waals surface area contributed by atoms with Crippen LogP contribution in [0.25, 0.3) is 16.5 Å². The van der Waals surface area contributed by atoms with Gasteiger partial charge in [-0.3, -0.25) is 4.99 Å². The molecule has 1 aromatic heterocycles. The van der Waals surface area contributed by atoms with Crippen LogP contribution >= 0.6 is 0 Å². The number of anilines is 2. The van der Waals surface area contributed by atoms with E-state index in [9.17, 15) is 4.91 Å². The maximum absolute atomic E-state index is 10.7. The molecular formula is C28H30N6O. The van der Waals surface area contributed by atoms with Crippen molar-refractivity contribution in [1.29, 1.82) is 0 Å². The van der Waals surface area contributed by atoms with Gasteiger partial charge in [-0.2, -0.15) is 0 Å². The number of aliphatic imine (C=N–C) groups is 1. The number of hydrogen-bond acceptors (Lipinski definition) is 7. The van der Waals surface area contributed by atoms with Crippen LogP contribution in [0.4, 0.5) is 17.2 Å². The third-order valence-electron chi connectivity index (χ3n) is 6.75. The molecular weight excluding hydrogens is 436 g/mol. The number of benzene rings is 2. The summed E-state index contributed by atoms with van der Waals surface area (Å²) in [6, 6.07) is 18.2. The Morgan fingerprint density at radius 1 is 1.03 bits per heavy atom. The maximum atomic E-state index is 10.7. The summed E-state index contributed by atoms with van der Waals surface area (Å²) in [6.07, 6.45) is 10.2. The van der Waals surface area contributed by atoms with Crippen LogP contribution in [0, 0.1) is 4.91 Å². The smallest absolute Gasteiger partial charge is 0.135 e. The lowest BCUT2D eigenvalue weighted by molar-refractivity contribution is 0.502. The van der Waals surface area contributed by atoms with E-state index in [1.54, 1.807) is 12.1 Å². The van der Waals surface area contributed by atoms with Crippen molar-refractivity contribution < 1.29 is 0 Å². The van der Waals surface area contributed by atoms with Crippen molar-refractivity contribution in [3.8, 4) is 0 Å². The SMILES string of the molecule is CC1/C=C\C(c2ccc(N=O)cc2)=C/CN=CN1c1ccc2cccc(N3CCC(N)CC3)c2n1. The molecule has 178 valence electrons. The van der Waals surface area contributed by atoms with Gasteiger partial charge in [0.1, 0.15) is 11.5 Å². The number of rotatable bonds is 4. The average Bonchev–Trinajstić information content (AvgIpc) is 2.99. The Morgan fingerprint density at radius 3 is 2.60 bits per heavy atom. The number of para-hydroxylation sites is 1. The van der Waals surface area contributed by atoms with Crippen LogP contribution in [0.2, 0.25) is 0 Å². The number of allylic oxidation sites excluding steroid dienone is 2. The summed E-state index contributed by atoms with van der Waals surface area (Å²) in [4.78, 5) is 25.0. The minimum absolute atomic E-state index is 0.0428. The predicted molar refractivity (Wildman–Crippen MR) is 145 cm³/mol. The van der Waals surface area contributed by atoms with Gasteiger partial charge in [0.15, 0.2) is 0 Å². The molecule has 2 N–H and O–H groups in total. The Labute approximate surface area is 205 Å². The third-order valence-corrected chi connectivity index (χ3v) is 6.75. The number of nitroso groups, excluding NO2 is 1. The standard InChI is InChI=1S/C28H30N6O/c1-20-5-6-22(21-7-10-25(32-35)11-8-21)13-16-30-19-34(20)27-12-9-23-3-2-4-26(28(23)31-27)33-17-14-24(29)15-18-33/h2-13,19-20,24H,14-18,29H2,1H3/b6-5-,22-13+,30-19?. The first-order valence-corrected chi connectivity index (χ1v) is 12.1. The van der Waals surface area contributed by atoms with Gasteiger partial charge >= 0.3 is 0 Å². The van der Waals surface area contributed by atoms with Gasteiger partial charge in [-0.15, -0.1) is 4.91 Å². The van der Waals surface area contributed by atoms with E-state index in [-0.39, 0.29) is 12.1 Å². The largest absolute Gasteiger partial charge is 0.370 e. The third kappa shape index (κ3) is 5.00. The summed E-state index contributed by atoms with van der Waals surface area (Å²) in [5, 5.41) is 4.12. The molecule has 0 amide bonds. The molecule has 0 radical (unpaired) electrons. The summed E-state index contributed by atoms with van der Waals surface area (Å²) in [7, 11) is 0. The van der Waals surface area contributed by atoms with Gasteiger partial charge in [-0.25, -0.2) is 4.98 Å². The molecule has 3 aromatic rings. The number of nitrogens with zero attached hydrogens (tertiary/aromatic N) is 5. The van der Waals surface area contributed by atoms with Crippen molar-refractivity contribution in [1.82, 2.24) is 4.98 Å². The fourth-order valence-corrected chi connectivity index (χ4v) is 4.65. The van der Waals surface area contributed by atoms with Gasteiger partial charge in [-0.05, 0) is 66.4 Å². The molecule has 2 aromatic carbocycles. The van der Waals surface area contributed by atoms with E-state index < -0.39 is 0 Å². The average molecular weight is 467 g/mol. The molecule has 0 bridgehead atoms. The number of nitrogens with two attached hydrogens (primary N) is 1. The quantitative estimate of drug-likeness (QED) is 0.518. The van der Waals surface area contributed by atoms with Crippen LogP contribution in [0.5, 0.6) is 0 Å². The molecule has 2 aliphatic rings. The number of hydrogen-bond donors (Lipinski definition) is 1. The highest BCUT2D eigenvalue weighted by Crippen LogP contribution is 2.30. The summed E-state index contributed by atoms with van der Waals surface area (Å²) in [5.41, 5.74) is 10.8. The first-order chi connectivity index (χ1) is 17.1. The van der Waals surface area contributed by atoms with E-state index in [0.29, 0.717) is 12.2 Å². The second-order valence-corrected chi connectivity index (χ2v) is 9.13. The molecule has 1 saturated heterocycles. The van der Waals surface area contributed by atoms with Crippen molar-refractivity contribution >= 4 is 40.0 Å². The first kappa shape index (κ1) is 22.9. The number of piperidine rings is 1. The Kier molecular flexibility index (Phi) is 6.68. The Hall–Kier alpha value is -3.84. The van der Waals surface area contributed by atoms with E-state index in [4.69, 9.17) is 10.7 Å². The van der Waals surface area contributed by atoms with Gasteiger partial charge in [-0.1, -0.05) is 42.5 Å². The minimum Gasteiger partial charge on any atom is -0.370 e. The Balaban J connectivity index is 1.44. The van der Waals surface area contributed by atoms with Crippen LogP contribution in [0.3, 0.4) is 0 Å². The van der Waals surface area contributed by atoms with Gasteiger partial charge in [0.05, 0.1) is 30.1 Å². The number of fused-ring (bicyclic) bond motifs is 1. The highest BCUT2D eigenvalue weighted by molar-refractivity contribution is 5.93. The molecule has 0 saturated carbocycles. The van der Waals surface area contributed by atoms with E-state index in [2.05, 4.69) is 75.5 Å². The summed E-state index contributed by atoms with van der Waals surface area (Å²) in [6.45, 7) is 4.59. The Bertz CT molecular complexity index is 1290. The second kappa shape index (κ2) is 10.2. The molecule has 1 unspecified atom stereocenters. The summed E-state index contributed by atoms with van der Waals surface area (Å²) < 4.78 is 0. The molecule has 35 heavy (non-hydrogen) atoms. The van der Waals surface area contributed by atoms with Crippen molar-refractivity contribution in [2.45, 2.75) is 31.8 Å². The van der Waals surface area contributed by atoms with E-state index in [0.717, 1.165) is 59.5 Å². The lowest BCUT2D eigenvalue weighted by Gasteiger charge is -2.32. The summed E-state index contributed by atoms with van der Waals surface area (Å²) >= 11 is 0. The number of aromatic nitrogens is 1. The molecule has 1 atom stereocenters. The maximum Gasteiger partial charge on any atom is 0.135 e. The fraction of sp³-hybridized carbons (Fsp3) is 0.286. The van der Waals surface area contributed by atoms with Crippen LogP contribution in [-0.2, 0) is 0 Å². The zero-order valence-electron chi connectivity index (χ0n) is 19.9. The lowest BCUT2D eigenvalue weighted by Crippen LogP contribution is -2.39. The first-order valence-electron chi connectivity index (χ1n) is 12.1. The van der Waals surface area contributed by atoms with Crippen LogP contribution in [0.1, 0.15) is 25.3 Å². The molecule has 7 nitrogen and oxygen atoms in total. The zero-order valence-corrected chi connectivity index (χ0v) is 19.9. The highest BCUT2D eigenvalue weighted by atomic mass is 16.3. The zero-order chi connectivity index (χ0) is 24.2. The fourth-order valence-electron chi connectivity index (χ4n) is 4.65. The van der Waals surface area contributed by atoms with E-state index in [1.165, 1.54) is 0 Å². The van der Waals surface area contributed by atoms with Crippen LogP contribution < -0.4 is 15.5 Å². The molecule has 7 heteroatoms. The molecule has 2 aliphatic heterocycles. The molecule has 0 aliphatic carbocycles. The van der Waals surface area contributed by atoms with Gasteiger partial charge in [0.2, 0.25) is 0 Å². The minimum atomic E-state index is 0.0428. The van der Waals surface area contributed by atoms with Gasteiger partial charge in [0.25, 0.3) is 0 Å². The van der Waals surface area contributed by atoms with Gasteiger partial charge < -0.3 is 15.5 Å². The Morgan fingerprint density at radius 2 is 1.83 bits per heavy atom. The molecule has 1 fully saturated rings. The van der Waals surface area contributed by atoms with Crippen LogP contribution in [-0.4, -0.2) is 43.0 Å². The van der Waals surface area contributed by atoms with Crippen molar-refractivity contribution in [2.24, 2.45) is 15.9 Å². The molecule has 5 rings (SSSR count). The lowest BCUT2D eigenvalue weighted by atomic mass is 10.0. The van der Waals surface area contributed by atoms with Crippen molar-refractivity contribution in [2.75, 3.05) is 29.4 Å². The molecule has 0 spiro atoms. The highest BCUT2D eigenvalue weighted by Gasteiger charge is 2.20. The monoisotopic (exact) mass is 466 g/mol.